The smallest absolute Gasteiger partial charge is 0.405 e. The van der Waals surface area contributed by atoms with E-state index in [4.69, 9.17) is 9.29 Å². The van der Waals surface area contributed by atoms with Gasteiger partial charge in [-0.15, -0.1) is 0 Å². The van der Waals surface area contributed by atoms with Crippen molar-refractivity contribution in [3.05, 3.63) is 0 Å². The maximum atomic E-state index is 13.4. The molecule has 3 aliphatic rings. The monoisotopic (exact) mass is 356 g/mol. The number of hydrogen-bond donors (Lipinski definition) is 2. The lowest BCUT2D eigenvalue weighted by Gasteiger charge is -2.29. The summed E-state index contributed by atoms with van der Waals surface area (Å²) in [6.45, 7) is 0.616. The zero-order valence-electron chi connectivity index (χ0n) is 11.8. The zero-order chi connectivity index (χ0) is 17.3. The fourth-order valence-electron chi connectivity index (χ4n) is 3.87. The van der Waals surface area contributed by atoms with Crippen LogP contribution in [0.1, 0.15) is 13.3 Å². The number of aliphatic hydroxyl groups is 1. The molecule has 0 amide bonds. The molecule has 2 aliphatic carbocycles. The highest BCUT2D eigenvalue weighted by molar-refractivity contribution is 7.86. The quantitative estimate of drug-likeness (QED) is 0.513. The maximum absolute atomic E-state index is 13.4. The molecule has 3 fully saturated rings. The second kappa shape index (κ2) is 4.84. The van der Waals surface area contributed by atoms with Gasteiger partial charge in [-0.05, 0) is 13.3 Å². The van der Waals surface area contributed by atoms with Crippen molar-refractivity contribution in [2.24, 2.45) is 23.7 Å². The first kappa shape index (κ1) is 16.5. The molecule has 130 valence electrons. The summed E-state index contributed by atoms with van der Waals surface area (Å²) in [6.07, 6.45) is -3.91. The predicted octanol–water partition coefficient (Wildman–Crippen LogP) is -0.433. The van der Waals surface area contributed by atoms with Gasteiger partial charge in [0.2, 0.25) is 0 Å². The maximum Gasteiger partial charge on any atom is 0.405 e. The van der Waals surface area contributed by atoms with E-state index in [1.807, 2.05) is 0 Å². The van der Waals surface area contributed by atoms with Crippen molar-refractivity contribution in [1.29, 1.82) is 0 Å². The van der Waals surface area contributed by atoms with Gasteiger partial charge in [0, 0.05) is 11.8 Å². The Morgan fingerprint density at radius 3 is 2.61 bits per heavy atom. The van der Waals surface area contributed by atoms with Crippen LogP contribution in [0.2, 0.25) is 0 Å². The molecule has 11 heteroatoms. The molecular weight excluding hydrogens is 342 g/mol. The number of hydrogen-bond acceptors (Lipinski definition) is 7. The van der Waals surface area contributed by atoms with Crippen LogP contribution >= 0.6 is 0 Å². The van der Waals surface area contributed by atoms with Gasteiger partial charge >= 0.3 is 27.3 Å². The van der Waals surface area contributed by atoms with Crippen molar-refractivity contribution in [2.45, 2.75) is 36.9 Å². The summed E-state index contributed by atoms with van der Waals surface area (Å²) in [5, 5.41) is 5.31. The summed E-state index contributed by atoms with van der Waals surface area (Å²) < 4.78 is 66.2. The molecule has 2 N–H and O–H groups in total. The van der Waals surface area contributed by atoms with E-state index in [1.165, 1.54) is 0 Å². The van der Waals surface area contributed by atoms with Crippen LogP contribution in [0.5, 0.6) is 0 Å². The van der Waals surface area contributed by atoms with Crippen LogP contribution in [-0.4, -0.2) is 53.6 Å². The lowest BCUT2D eigenvalue weighted by atomic mass is 9.78. The Kier molecular flexibility index (Phi) is 3.47. The van der Waals surface area contributed by atoms with Gasteiger partial charge in [-0.1, -0.05) is 0 Å². The van der Waals surface area contributed by atoms with E-state index in [1.54, 1.807) is 0 Å². The van der Waals surface area contributed by atoms with E-state index in [2.05, 4.69) is 4.74 Å². The summed E-state index contributed by atoms with van der Waals surface area (Å²) in [4.78, 5) is 23.9. The Hall–Kier alpha value is -1.33. The van der Waals surface area contributed by atoms with E-state index in [0.29, 0.717) is 13.3 Å². The van der Waals surface area contributed by atoms with E-state index in [-0.39, 0.29) is 5.92 Å². The summed E-state index contributed by atoms with van der Waals surface area (Å²) in [6, 6.07) is 0. The average Bonchev–Trinajstić information content (AvgIpc) is 3.01. The van der Waals surface area contributed by atoms with E-state index < -0.39 is 63.4 Å². The van der Waals surface area contributed by atoms with E-state index in [9.17, 15) is 31.9 Å². The van der Waals surface area contributed by atoms with Crippen LogP contribution in [0.4, 0.5) is 8.78 Å². The van der Waals surface area contributed by atoms with Gasteiger partial charge in [0.25, 0.3) is 0 Å². The van der Waals surface area contributed by atoms with Gasteiger partial charge in [0.05, 0.1) is 17.9 Å². The van der Waals surface area contributed by atoms with Gasteiger partial charge in [0.15, 0.2) is 6.10 Å². The lowest BCUT2D eigenvalue weighted by molar-refractivity contribution is -0.170. The third kappa shape index (κ3) is 2.17. The number of ether oxygens (including phenoxy) is 2. The largest absolute Gasteiger partial charge is 0.459 e. The van der Waals surface area contributed by atoms with Crippen molar-refractivity contribution < 1.29 is 45.9 Å². The standard InChI is InChI=1S/C12H14F2O8S/c1-3(12(13,14)23(18,19)20)21-10(16)6-4-2-5-7(6)11(17)22-9(5)8(4)15/h3-9,15H,2H2,1H3,(H,18,19,20). The van der Waals surface area contributed by atoms with E-state index in [0.717, 1.165) is 0 Å². The van der Waals surface area contributed by atoms with Crippen molar-refractivity contribution in [1.82, 2.24) is 0 Å². The molecule has 2 saturated carbocycles. The summed E-state index contributed by atoms with van der Waals surface area (Å²) >= 11 is 0. The average molecular weight is 356 g/mol. The fourth-order valence-corrected chi connectivity index (χ4v) is 4.34. The normalized spacial score (nSPS) is 40.1. The van der Waals surface area contributed by atoms with Gasteiger partial charge in [-0.2, -0.15) is 17.2 Å². The van der Waals surface area contributed by atoms with Gasteiger partial charge in [-0.25, -0.2) is 0 Å². The number of carbonyl (C=O) groups excluding carboxylic acids is 2. The molecule has 1 saturated heterocycles. The number of halogens is 2. The first-order valence-corrected chi connectivity index (χ1v) is 8.34. The second-order valence-corrected chi connectivity index (χ2v) is 7.62. The fraction of sp³-hybridized carbons (Fsp3) is 0.833. The second-order valence-electron chi connectivity index (χ2n) is 6.12. The predicted molar refractivity (Wildman–Crippen MR) is 66.5 cm³/mol. The summed E-state index contributed by atoms with van der Waals surface area (Å²) in [5.74, 6) is -5.00. The molecule has 1 aliphatic heterocycles. The molecule has 8 nitrogen and oxygen atoms in total. The molecule has 0 aromatic heterocycles. The number of esters is 2. The minimum absolute atomic E-state index is 0.324. The molecule has 3 rings (SSSR count). The van der Waals surface area contributed by atoms with Gasteiger partial charge in [0.1, 0.15) is 6.10 Å². The Labute approximate surface area is 129 Å². The zero-order valence-corrected chi connectivity index (χ0v) is 12.6. The van der Waals surface area contributed by atoms with Crippen LogP contribution in [0.15, 0.2) is 0 Å². The minimum Gasteiger partial charge on any atom is -0.459 e. The molecule has 0 spiro atoms. The third-order valence-electron chi connectivity index (χ3n) is 4.96. The van der Waals surface area contributed by atoms with Crippen LogP contribution in [0.25, 0.3) is 0 Å². The van der Waals surface area contributed by atoms with E-state index >= 15 is 0 Å². The highest BCUT2D eigenvalue weighted by atomic mass is 32.2. The molecule has 0 aromatic rings. The summed E-state index contributed by atoms with van der Waals surface area (Å²) in [7, 11) is -5.77. The number of fused-ring (bicyclic) bond motifs is 1. The molecule has 7 atom stereocenters. The Morgan fingerprint density at radius 1 is 1.43 bits per heavy atom. The first-order chi connectivity index (χ1) is 10.5. The Bertz CT molecular complexity index is 662. The van der Waals surface area contributed by atoms with Crippen molar-refractivity contribution in [3.63, 3.8) is 0 Å². The lowest BCUT2D eigenvalue weighted by Crippen LogP contribution is -2.46. The molecule has 0 radical (unpaired) electrons. The van der Waals surface area contributed by atoms with Crippen LogP contribution in [0.3, 0.4) is 0 Å². The number of alkyl halides is 2. The van der Waals surface area contributed by atoms with Crippen LogP contribution in [-0.2, 0) is 29.2 Å². The Morgan fingerprint density at radius 2 is 2.04 bits per heavy atom. The molecular formula is C12H14F2O8S. The number of carbonyl (C=O) groups is 2. The van der Waals surface area contributed by atoms with Crippen LogP contribution in [0, 0.1) is 23.7 Å². The highest BCUT2D eigenvalue weighted by Gasteiger charge is 2.69. The molecule has 0 aromatic carbocycles. The SMILES string of the molecule is CC(OC(=O)C1C2CC3C(OC(=O)C31)C2O)C(F)(F)S(=O)(=O)O. The Balaban J connectivity index is 1.78. The van der Waals surface area contributed by atoms with Crippen LogP contribution < -0.4 is 0 Å². The molecule has 7 unspecified atom stereocenters. The minimum atomic E-state index is -5.77. The number of aliphatic hydroxyl groups excluding tert-OH is 1. The van der Waals surface area contributed by atoms with Crippen molar-refractivity contribution in [3.8, 4) is 0 Å². The van der Waals surface area contributed by atoms with Gasteiger partial charge < -0.3 is 14.6 Å². The third-order valence-corrected chi connectivity index (χ3v) is 5.98. The molecule has 23 heavy (non-hydrogen) atoms. The van der Waals surface area contributed by atoms with Crippen molar-refractivity contribution in [2.75, 3.05) is 0 Å². The van der Waals surface area contributed by atoms with Crippen molar-refractivity contribution >= 4 is 22.1 Å². The molecule has 1 heterocycles. The molecule has 2 bridgehead atoms. The van der Waals surface area contributed by atoms with Gasteiger partial charge in [-0.3, -0.25) is 14.1 Å². The number of rotatable bonds is 4. The first-order valence-electron chi connectivity index (χ1n) is 6.90. The highest BCUT2D eigenvalue weighted by Crippen LogP contribution is 2.58. The summed E-state index contributed by atoms with van der Waals surface area (Å²) in [5.41, 5.74) is 0. The topological polar surface area (TPSA) is 127 Å².